The van der Waals surface area contributed by atoms with E-state index >= 15 is 0 Å². The van der Waals surface area contributed by atoms with Gasteiger partial charge in [0.15, 0.2) is 0 Å². The van der Waals surface area contributed by atoms with Crippen LogP contribution in [-0.4, -0.2) is 18.7 Å². The van der Waals surface area contributed by atoms with Gasteiger partial charge >= 0.3 is 12.3 Å². The van der Waals surface area contributed by atoms with Crippen LogP contribution in [0.15, 0.2) is 18.2 Å². The van der Waals surface area contributed by atoms with Gasteiger partial charge < -0.3 is 4.74 Å². The molecule has 1 aromatic rings. The van der Waals surface area contributed by atoms with Crippen molar-refractivity contribution in [2.45, 2.75) is 44.3 Å². The van der Waals surface area contributed by atoms with Gasteiger partial charge in [-0.05, 0) is 43.5 Å². The summed E-state index contributed by atoms with van der Waals surface area (Å²) in [5, 5.41) is -0.562. The molecule has 0 bridgehead atoms. The Kier molecular flexibility index (Phi) is 4.90. The smallest absolute Gasteiger partial charge is 0.416 e. The van der Waals surface area contributed by atoms with Crippen molar-refractivity contribution in [3.05, 3.63) is 29.3 Å². The number of rotatable bonds is 2. The molecule has 3 nitrogen and oxygen atoms in total. The molecule has 0 spiro atoms. The van der Waals surface area contributed by atoms with Crippen LogP contribution in [0.3, 0.4) is 0 Å². The molecular weight excluding hydrogens is 319 g/mol. The highest BCUT2D eigenvalue weighted by molar-refractivity contribution is 6.21. The molecule has 0 N–H and O–H groups in total. The van der Waals surface area contributed by atoms with Crippen LogP contribution >= 0.6 is 11.6 Å². The summed E-state index contributed by atoms with van der Waals surface area (Å²) in [6.07, 6.45) is -3.96. The Balaban J connectivity index is 2.49. The Labute approximate surface area is 132 Å². The number of halogens is 4. The van der Waals surface area contributed by atoms with Crippen molar-refractivity contribution in [2.75, 3.05) is 11.5 Å². The molecule has 0 fully saturated rings. The number of carbonyl (C=O) groups excluding carboxylic acids is 1. The first-order chi connectivity index (χ1) is 10.3. The van der Waals surface area contributed by atoms with E-state index in [9.17, 15) is 18.0 Å². The summed E-state index contributed by atoms with van der Waals surface area (Å²) in [6, 6.07) is 3.09. The fourth-order valence-corrected chi connectivity index (χ4v) is 3.04. The summed E-state index contributed by atoms with van der Waals surface area (Å²) in [6.45, 7) is 3.78. The van der Waals surface area contributed by atoms with Crippen molar-refractivity contribution in [3.8, 4) is 0 Å². The van der Waals surface area contributed by atoms with Crippen molar-refractivity contribution in [1.29, 1.82) is 0 Å². The lowest BCUT2D eigenvalue weighted by Crippen LogP contribution is -2.44. The van der Waals surface area contributed by atoms with E-state index in [0.717, 1.165) is 12.1 Å². The average Bonchev–Trinajstić information content (AvgIpc) is 2.45. The maximum atomic E-state index is 12.9. The van der Waals surface area contributed by atoms with Crippen molar-refractivity contribution in [2.24, 2.45) is 0 Å². The van der Waals surface area contributed by atoms with Gasteiger partial charge in [0, 0.05) is 6.04 Å². The number of fused-ring (bicyclic) bond motifs is 1. The molecule has 1 aliphatic rings. The average molecular weight is 336 g/mol. The highest BCUT2D eigenvalue weighted by Gasteiger charge is 2.38. The number of hydrogen-bond acceptors (Lipinski definition) is 2. The third kappa shape index (κ3) is 3.16. The summed E-state index contributed by atoms with van der Waals surface area (Å²) in [4.78, 5) is 13.6. The largest absolute Gasteiger partial charge is 0.449 e. The van der Waals surface area contributed by atoms with E-state index in [1.165, 1.54) is 11.0 Å². The number of nitrogens with zero attached hydrogens (tertiary/aromatic N) is 1. The standard InChI is InChI=1S/C15H17ClF3NO2/c1-3-10-8-12(16)11-7-9(15(17,18)19)5-6-13(11)20(10)14(21)22-4-2/h5-7,10,12H,3-4,8H2,1-2H3/t10?,12-/m1/s1. The quantitative estimate of drug-likeness (QED) is 0.701. The van der Waals surface area contributed by atoms with Gasteiger partial charge in [-0.15, -0.1) is 11.6 Å². The number of alkyl halides is 4. The lowest BCUT2D eigenvalue weighted by molar-refractivity contribution is -0.137. The molecule has 0 radical (unpaired) electrons. The van der Waals surface area contributed by atoms with E-state index in [1.54, 1.807) is 6.92 Å². The summed E-state index contributed by atoms with van der Waals surface area (Å²) < 4.78 is 43.6. The summed E-state index contributed by atoms with van der Waals surface area (Å²) in [5.74, 6) is 0. The van der Waals surface area contributed by atoms with Gasteiger partial charge in [-0.2, -0.15) is 13.2 Å². The van der Waals surface area contributed by atoms with Crippen LogP contribution in [-0.2, 0) is 10.9 Å². The van der Waals surface area contributed by atoms with E-state index in [-0.39, 0.29) is 12.6 Å². The summed E-state index contributed by atoms with van der Waals surface area (Å²) in [5.41, 5.74) is -0.0607. The number of hydrogen-bond donors (Lipinski definition) is 0. The van der Waals surface area contributed by atoms with Crippen molar-refractivity contribution in [1.82, 2.24) is 0 Å². The number of anilines is 1. The van der Waals surface area contributed by atoms with E-state index in [0.29, 0.717) is 24.1 Å². The van der Waals surface area contributed by atoms with Crippen molar-refractivity contribution in [3.63, 3.8) is 0 Å². The molecule has 0 aromatic heterocycles. The van der Waals surface area contributed by atoms with E-state index in [2.05, 4.69) is 0 Å². The third-order valence-corrected chi connectivity index (χ3v) is 4.15. The Bertz CT molecular complexity index is 562. The first kappa shape index (κ1) is 16.9. The lowest BCUT2D eigenvalue weighted by atomic mass is 9.92. The zero-order chi connectivity index (χ0) is 16.5. The second-order valence-electron chi connectivity index (χ2n) is 5.11. The van der Waals surface area contributed by atoms with Gasteiger partial charge in [0.25, 0.3) is 0 Å². The minimum absolute atomic E-state index is 0.189. The molecule has 0 saturated heterocycles. The van der Waals surface area contributed by atoms with Crippen molar-refractivity contribution >= 4 is 23.4 Å². The lowest BCUT2D eigenvalue weighted by Gasteiger charge is -2.38. The van der Waals surface area contributed by atoms with Gasteiger partial charge in [-0.3, -0.25) is 4.90 Å². The SMILES string of the molecule is CCOC(=O)N1c2ccc(C(F)(F)F)cc2[C@H](Cl)CC1CC. The Morgan fingerprint density at radius 1 is 1.41 bits per heavy atom. The number of benzene rings is 1. The molecule has 0 aliphatic carbocycles. The molecule has 0 saturated carbocycles. The summed E-state index contributed by atoms with van der Waals surface area (Å²) >= 11 is 6.24. The van der Waals surface area contributed by atoms with Gasteiger partial charge in [-0.1, -0.05) is 6.92 Å². The highest BCUT2D eigenvalue weighted by atomic mass is 35.5. The molecule has 1 aliphatic heterocycles. The number of amides is 1. The Hall–Kier alpha value is -1.43. The van der Waals surface area contributed by atoms with Crippen LogP contribution in [0, 0.1) is 0 Å². The minimum atomic E-state index is -4.44. The molecule has 1 heterocycles. The Morgan fingerprint density at radius 2 is 2.09 bits per heavy atom. The van der Waals surface area contributed by atoms with Crippen LogP contribution in [0.2, 0.25) is 0 Å². The van der Waals surface area contributed by atoms with Crippen LogP contribution in [0.1, 0.15) is 43.2 Å². The molecule has 122 valence electrons. The topological polar surface area (TPSA) is 29.5 Å². The Morgan fingerprint density at radius 3 is 2.64 bits per heavy atom. The predicted molar refractivity (Wildman–Crippen MR) is 78.2 cm³/mol. The number of ether oxygens (including phenoxy) is 1. The fraction of sp³-hybridized carbons (Fsp3) is 0.533. The highest BCUT2D eigenvalue weighted by Crippen LogP contribution is 2.44. The first-order valence-corrected chi connectivity index (χ1v) is 7.54. The zero-order valence-corrected chi connectivity index (χ0v) is 13.0. The zero-order valence-electron chi connectivity index (χ0n) is 12.3. The van der Waals surface area contributed by atoms with Crippen LogP contribution in [0.25, 0.3) is 0 Å². The molecule has 2 atom stereocenters. The number of carbonyl (C=O) groups is 1. The maximum Gasteiger partial charge on any atom is 0.416 e. The van der Waals surface area contributed by atoms with Crippen LogP contribution < -0.4 is 4.90 Å². The molecular formula is C15H17ClF3NO2. The molecule has 1 amide bonds. The maximum absolute atomic E-state index is 12.9. The fourth-order valence-electron chi connectivity index (χ4n) is 2.66. The van der Waals surface area contributed by atoms with Crippen LogP contribution in [0.5, 0.6) is 0 Å². The van der Waals surface area contributed by atoms with Gasteiger partial charge in [-0.25, -0.2) is 4.79 Å². The van der Waals surface area contributed by atoms with Gasteiger partial charge in [0.05, 0.1) is 23.2 Å². The summed E-state index contributed by atoms with van der Waals surface area (Å²) in [7, 11) is 0. The molecule has 2 rings (SSSR count). The third-order valence-electron chi connectivity index (χ3n) is 3.73. The second kappa shape index (κ2) is 6.36. The second-order valence-corrected chi connectivity index (χ2v) is 5.63. The molecule has 1 unspecified atom stereocenters. The predicted octanol–water partition coefficient (Wildman–Crippen LogP) is 5.13. The van der Waals surface area contributed by atoms with Gasteiger partial charge in [0.2, 0.25) is 0 Å². The van der Waals surface area contributed by atoms with Crippen LogP contribution in [0.4, 0.5) is 23.7 Å². The molecule has 1 aromatic carbocycles. The van der Waals surface area contributed by atoms with E-state index in [4.69, 9.17) is 16.3 Å². The first-order valence-electron chi connectivity index (χ1n) is 7.10. The molecule has 7 heteroatoms. The van der Waals surface area contributed by atoms with E-state index in [1.807, 2.05) is 6.92 Å². The molecule has 22 heavy (non-hydrogen) atoms. The van der Waals surface area contributed by atoms with Gasteiger partial charge in [0.1, 0.15) is 0 Å². The van der Waals surface area contributed by atoms with E-state index < -0.39 is 23.2 Å². The minimum Gasteiger partial charge on any atom is -0.449 e. The normalized spacial score (nSPS) is 21.5. The monoisotopic (exact) mass is 335 g/mol. The van der Waals surface area contributed by atoms with Crippen molar-refractivity contribution < 1.29 is 22.7 Å².